The number of halogens is 2. The van der Waals surface area contributed by atoms with Crippen molar-refractivity contribution >= 4 is 5.91 Å². The minimum absolute atomic E-state index is 0.0430. The van der Waals surface area contributed by atoms with Gasteiger partial charge in [0.25, 0.3) is 0 Å². The van der Waals surface area contributed by atoms with Crippen molar-refractivity contribution in [1.82, 2.24) is 10.2 Å². The van der Waals surface area contributed by atoms with Crippen LogP contribution in [0.5, 0.6) is 0 Å². The Morgan fingerprint density at radius 3 is 2.39 bits per heavy atom. The maximum Gasteiger partial charge on any atom is 0.317 e. The second-order valence-electron chi connectivity index (χ2n) is 4.76. The van der Waals surface area contributed by atoms with Gasteiger partial charge in [0.2, 0.25) is 0 Å². The molecule has 0 atom stereocenters. The van der Waals surface area contributed by atoms with E-state index in [1.54, 1.807) is 18.2 Å². The number of aromatic nitrogens is 2. The molecule has 114 valence electrons. The Bertz CT molecular complexity index is 889. The smallest absolute Gasteiger partial charge is 0.277 e. The van der Waals surface area contributed by atoms with Crippen LogP contribution in [0.25, 0.3) is 22.5 Å². The van der Waals surface area contributed by atoms with Gasteiger partial charge in [0, 0.05) is 10.7 Å². The maximum absolute atomic E-state index is 13.5. The second kappa shape index (κ2) is 5.88. The third kappa shape index (κ3) is 2.89. The normalized spacial score (nSPS) is 10.5. The number of amides is 1. The summed E-state index contributed by atoms with van der Waals surface area (Å²) in [5, 5.41) is 9.11. The largest absolute Gasteiger partial charge is 0.317 e. The highest BCUT2D eigenvalue weighted by molar-refractivity contribution is 6.01. The number of benzene rings is 2. The molecule has 0 aliphatic carbocycles. The number of hydrogen-bond acceptors (Lipinski definition) is 3. The zero-order chi connectivity index (χ0) is 16.4. The van der Waals surface area contributed by atoms with Crippen LogP contribution >= 0.6 is 0 Å². The molecule has 1 N–H and O–H groups in total. The zero-order valence-corrected chi connectivity index (χ0v) is 11.6. The standard InChI is InChI=1S/C16H9F2N3O2/c17-10-3-1-9(2-4-10)14-8-15(20-19-14)13-7-11(18)5-6-12(13)16(22)21-23/h1-8H,(H,19,20). The summed E-state index contributed by atoms with van der Waals surface area (Å²) < 4.78 is 26.4. The Labute approximate surface area is 128 Å². The van der Waals surface area contributed by atoms with Crippen molar-refractivity contribution in [3.05, 3.63) is 70.6 Å². The second-order valence-corrected chi connectivity index (χ2v) is 4.76. The van der Waals surface area contributed by atoms with Crippen LogP contribution in [0, 0.1) is 16.5 Å². The van der Waals surface area contributed by atoms with Crippen LogP contribution in [0.15, 0.2) is 53.7 Å². The van der Waals surface area contributed by atoms with E-state index in [1.807, 2.05) is 0 Å². The van der Waals surface area contributed by atoms with E-state index in [0.717, 1.165) is 12.1 Å². The molecule has 0 unspecified atom stereocenters. The number of carbonyl (C=O) groups is 1. The molecule has 0 fully saturated rings. The molecule has 0 aliphatic heterocycles. The Morgan fingerprint density at radius 1 is 1.00 bits per heavy atom. The minimum atomic E-state index is -1.01. The van der Waals surface area contributed by atoms with Crippen molar-refractivity contribution in [3.8, 4) is 22.5 Å². The fourth-order valence-electron chi connectivity index (χ4n) is 2.20. The maximum atomic E-state index is 13.5. The van der Waals surface area contributed by atoms with E-state index in [-0.39, 0.29) is 22.6 Å². The lowest BCUT2D eigenvalue weighted by atomic mass is 10.0. The Kier molecular flexibility index (Phi) is 3.76. The monoisotopic (exact) mass is 313 g/mol. The number of nitrogens with zero attached hydrogens (tertiary/aromatic N) is 2. The molecule has 23 heavy (non-hydrogen) atoms. The first-order valence-electron chi connectivity index (χ1n) is 6.57. The predicted molar refractivity (Wildman–Crippen MR) is 79.5 cm³/mol. The molecule has 1 aromatic heterocycles. The van der Waals surface area contributed by atoms with Gasteiger partial charge in [0.1, 0.15) is 11.6 Å². The molecule has 7 heteroatoms. The van der Waals surface area contributed by atoms with Crippen molar-refractivity contribution in [2.24, 2.45) is 5.18 Å². The zero-order valence-electron chi connectivity index (χ0n) is 11.6. The van der Waals surface area contributed by atoms with Crippen LogP contribution in [0.3, 0.4) is 0 Å². The SMILES string of the molecule is O=NC(=O)c1ccc(F)cc1-c1cc(-c2ccc(F)cc2)[nH]n1. The molecule has 0 saturated heterocycles. The van der Waals surface area contributed by atoms with Gasteiger partial charge < -0.3 is 0 Å². The number of rotatable bonds is 3. The summed E-state index contributed by atoms with van der Waals surface area (Å²) in [5.41, 5.74) is 1.61. The van der Waals surface area contributed by atoms with Gasteiger partial charge in [-0.05, 0) is 54.1 Å². The van der Waals surface area contributed by atoms with E-state index in [4.69, 9.17) is 0 Å². The molecule has 2 aromatic carbocycles. The van der Waals surface area contributed by atoms with Crippen molar-refractivity contribution in [2.45, 2.75) is 0 Å². The number of hydrogen-bond donors (Lipinski definition) is 1. The van der Waals surface area contributed by atoms with Crippen LogP contribution in [0.4, 0.5) is 8.78 Å². The number of nitrogens with one attached hydrogen (secondary N) is 1. The summed E-state index contributed by atoms with van der Waals surface area (Å²) in [4.78, 5) is 22.0. The van der Waals surface area contributed by atoms with Gasteiger partial charge in [-0.3, -0.25) is 9.89 Å². The first-order valence-corrected chi connectivity index (χ1v) is 6.57. The molecule has 5 nitrogen and oxygen atoms in total. The van der Waals surface area contributed by atoms with E-state index in [2.05, 4.69) is 15.4 Å². The van der Waals surface area contributed by atoms with Gasteiger partial charge in [-0.25, -0.2) is 8.78 Å². The van der Waals surface area contributed by atoms with E-state index >= 15 is 0 Å². The molecule has 0 saturated carbocycles. The van der Waals surface area contributed by atoms with Crippen LogP contribution in [-0.2, 0) is 0 Å². The summed E-state index contributed by atoms with van der Waals surface area (Å²) in [6.07, 6.45) is 0. The van der Waals surface area contributed by atoms with E-state index in [0.29, 0.717) is 11.3 Å². The Balaban J connectivity index is 2.06. The van der Waals surface area contributed by atoms with Crippen molar-refractivity contribution in [2.75, 3.05) is 0 Å². The highest BCUT2D eigenvalue weighted by Gasteiger charge is 2.17. The van der Waals surface area contributed by atoms with Gasteiger partial charge in [-0.15, -0.1) is 4.91 Å². The van der Waals surface area contributed by atoms with Gasteiger partial charge in [-0.2, -0.15) is 5.10 Å². The van der Waals surface area contributed by atoms with Crippen LogP contribution in [0.1, 0.15) is 10.4 Å². The highest BCUT2D eigenvalue weighted by atomic mass is 19.1. The molecule has 3 rings (SSSR count). The van der Waals surface area contributed by atoms with Crippen LogP contribution in [-0.4, -0.2) is 16.1 Å². The van der Waals surface area contributed by atoms with E-state index in [1.165, 1.54) is 18.2 Å². The lowest BCUT2D eigenvalue weighted by molar-refractivity contribution is 0.100. The van der Waals surface area contributed by atoms with Crippen LogP contribution in [0.2, 0.25) is 0 Å². The topological polar surface area (TPSA) is 75.2 Å². The van der Waals surface area contributed by atoms with Crippen molar-refractivity contribution < 1.29 is 13.6 Å². The Hall–Kier alpha value is -3.22. The summed E-state index contributed by atoms with van der Waals surface area (Å²) in [7, 11) is 0. The third-order valence-corrected chi connectivity index (χ3v) is 3.30. The molecule has 3 aromatic rings. The number of carbonyl (C=O) groups excluding carboxylic acids is 1. The number of H-pyrrole nitrogens is 1. The molecule has 1 heterocycles. The first-order chi connectivity index (χ1) is 11.1. The fraction of sp³-hybridized carbons (Fsp3) is 0. The van der Waals surface area contributed by atoms with Crippen molar-refractivity contribution in [3.63, 3.8) is 0 Å². The quantitative estimate of drug-likeness (QED) is 0.744. The molecule has 1 amide bonds. The molecular formula is C16H9F2N3O2. The number of aromatic amines is 1. The van der Waals surface area contributed by atoms with E-state index < -0.39 is 11.7 Å². The number of nitroso groups, excluding NO2 is 1. The van der Waals surface area contributed by atoms with Crippen LogP contribution < -0.4 is 0 Å². The lowest BCUT2D eigenvalue weighted by Gasteiger charge is -2.02. The van der Waals surface area contributed by atoms with E-state index in [9.17, 15) is 18.5 Å². The lowest BCUT2D eigenvalue weighted by Crippen LogP contribution is -1.98. The summed E-state index contributed by atoms with van der Waals surface area (Å²) in [5.74, 6) is -1.95. The fourth-order valence-corrected chi connectivity index (χ4v) is 2.20. The van der Waals surface area contributed by atoms with Gasteiger partial charge in [-0.1, -0.05) is 0 Å². The predicted octanol–water partition coefficient (Wildman–Crippen LogP) is 3.93. The molecule has 0 radical (unpaired) electrons. The molecule has 0 bridgehead atoms. The summed E-state index contributed by atoms with van der Waals surface area (Å²) >= 11 is 0. The molecular weight excluding hydrogens is 304 g/mol. The third-order valence-electron chi connectivity index (χ3n) is 3.30. The van der Waals surface area contributed by atoms with Gasteiger partial charge in [0.15, 0.2) is 0 Å². The van der Waals surface area contributed by atoms with Gasteiger partial charge >= 0.3 is 5.91 Å². The first kappa shape index (κ1) is 14.7. The Morgan fingerprint density at radius 2 is 1.70 bits per heavy atom. The highest BCUT2D eigenvalue weighted by Crippen LogP contribution is 2.27. The average molecular weight is 313 g/mol. The molecule has 0 aliphatic rings. The average Bonchev–Trinajstić information content (AvgIpc) is 3.04. The molecule has 0 spiro atoms. The summed E-state index contributed by atoms with van der Waals surface area (Å²) in [6, 6.07) is 10.6. The van der Waals surface area contributed by atoms with Gasteiger partial charge in [0.05, 0.1) is 17.0 Å². The summed E-state index contributed by atoms with van der Waals surface area (Å²) in [6.45, 7) is 0. The van der Waals surface area contributed by atoms with Crippen molar-refractivity contribution in [1.29, 1.82) is 0 Å². The minimum Gasteiger partial charge on any atom is -0.277 e.